The van der Waals surface area contributed by atoms with Crippen molar-refractivity contribution in [3.63, 3.8) is 0 Å². The van der Waals surface area contributed by atoms with Gasteiger partial charge in [0.25, 0.3) is 0 Å². The van der Waals surface area contributed by atoms with Crippen molar-refractivity contribution in [2.24, 2.45) is 7.05 Å². The van der Waals surface area contributed by atoms with Crippen molar-refractivity contribution < 1.29 is 14.6 Å². The summed E-state index contributed by atoms with van der Waals surface area (Å²) < 4.78 is 6.31. The SMILES string of the molecule is CC(=O)Oc1ncc(C(C)O)n1C. The Bertz CT molecular complexity index is 317. The lowest BCUT2D eigenvalue weighted by Crippen LogP contribution is -2.08. The number of aliphatic hydroxyl groups is 1. The number of aromatic nitrogens is 2. The van der Waals surface area contributed by atoms with Crippen molar-refractivity contribution in [3.05, 3.63) is 11.9 Å². The molecule has 1 aromatic rings. The molecule has 0 saturated heterocycles. The van der Waals surface area contributed by atoms with E-state index >= 15 is 0 Å². The van der Waals surface area contributed by atoms with E-state index in [0.29, 0.717) is 5.69 Å². The molecule has 1 unspecified atom stereocenters. The van der Waals surface area contributed by atoms with Crippen molar-refractivity contribution in [2.75, 3.05) is 0 Å². The predicted octanol–water partition coefficient (Wildman–Crippen LogP) is 0.399. The van der Waals surface area contributed by atoms with Gasteiger partial charge in [-0.1, -0.05) is 0 Å². The maximum atomic E-state index is 10.6. The molecule has 0 bridgehead atoms. The second-order valence-electron chi connectivity index (χ2n) is 2.79. The van der Waals surface area contributed by atoms with Crippen LogP contribution in [0.2, 0.25) is 0 Å². The molecule has 1 N–H and O–H groups in total. The van der Waals surface area contributed by atoms with E-state index in [-0.39, 0.29) is 6.01 Å². The number of nitrogens with zero attached hydrogens (tertiary/aromatic N) is 2. The fraction of sp³-hybridized carbons (Fsp3) is 0.500. The Morgan fingerprint density at radius 3 is 2.77 bits per heavy atom. The van der Waals surface area contributed by atoms with Gasteiger partial charge in [0.1, 0.15) is 0 Å². The zero-order valence-electron chi connectivity index (χ0n) is 7.81. The first-order chi connectivity index (χ1) is 6.02. The average molecular weight is 184 g/mol. The lowest BCUT2D eigenvalue weighted by Gasteiger charge is -2.06. The highest BCUT2D eigenvalue weighted by molar-refractivity contribution is 5.68. The number of hydrogen-bond donors (Lipinski definition) is 1. The van der Waals surface area contributed by atoms with Gasteiger partial charge in [0.05, 0.1) is 18.0 Å². The van der Waals surface area contributed by atoms with E-state index < -0.39 is 12.1 Å². The van der Waals surface area contributed by atoms with Gasteiger partial charge >= 0.3 is 12.0 Å². The molecule has 1 heterocycles. The van der Waals surface area contributed by atoms with Crippen LogP contribution in [0.15, 0.2) is 6.20 Å². The first-order valence-electron chi connectivity index (χ1n) is 3.90. The number of hydrogen-bond acceptors (Lipinski definition) is 4. The topological polar surface area (TPSA) is 64.3 Å². The van der Waals surface area contributed by atoms with E-state index in [1.807, 2.05) is 0 Å². The maximum absolute atomic E-state index is 10.6. The summed E-state index contributed by atoms with van der Waals surface area (Å²) in [6.45, 7) is 2.92. The van der Waals surface area contributed by atoms with Gasteiger partial charge in [-0.3, -0.25) is 9.36 Å². The molecule has 0 aliphatic rings. The van der Waals surface area contributed by atoms with Crippen molar-refractivity contribution >= 4 is 5.97 Å². The van der Waals surface area contributed by atoms with Crippen molar-refractivity contribution in [2.45, 2.75) is 20.0 Å². The van der Waals surface area contributed by atoms with Gasteiger partial charge in [0.2, 0.25) is 0 Å². The van der Waals surface area contributed by atoms with Gasteiger partial charge in [-0.2, -0.15) is 0 Å². The van der Waals surface area contributed by atoms with Crippen molar-refractivity contribution in [1.82, 2.24) is 9.55 Å². The van der Waals surface area contributed by atoms with Gasteiger partial charge in [-0.25, -0.2) is 4.98 Å². The number of rotatable bonds is 2. The summed E-state index contributed by atoms with van der Waals surface area (Å²) in [5.74, 6) is -0.425. The van der Waals surface area contributed by atoms with Crippen LogP contribution in [-0.2, 0) is 11.8 Å². The van der Waals surface area contributed by atoms with Crippen molar-refractivity contribution in [3.8, 4) is 6.01 Å². The molecule has 0 saturated carbocycles. The summed E-state index contributed by atoms with van der Waals surface area (Å²) >= 11 is 0. The number of ether oxygens (including phenoxy) is 1. The summed E-state index contributed by atoms with van der Waals surface area (Å²) in [5, 5.41) is 9.25. The third-order valence-corrected chi connectivity index (χ3v) is 1.64. The number of imidazole rings is 1. The standard InChI is InChI=1S/C8H12N2O3/c1-5(11)7-4-9-8(10(7)3)13-6(2)12/h4-5,11H,1-3H3. The molecule has 13 heavy (non-hydrogen) atoms. The molecular weight excluding hydrogens is 172 g/mol. The zero-order valence-corrected chi connectivity index (χ0v) is 7.81. The third kappa shape index (κ3) is 2.06. The molecule has 72 valence electrons. The quantitative estimate of drug-likeness (QED) is 0.675. The van der Waals surface area contributed by atoms with E-state index in [9.17, 15) is 9.90 Å². The minimum absolute atomic E-state index is 0.198. The molecule has 0 aromatic carbocycles. The molecule has 1 atom stereocenters. The fourth-order valence-corrected chi connectivity index (χ4v) is 1.02. The second kappa shape index (κ2) is 3.57. The molecular formula is C8H12N2O3. The molecule has 0 fully saturated rings. The van der Waals surface area contributed by atoms with Gasteiger partial charge in [-0.05, 0) is 6.92 Å². The van der Waals surface area contributed by atoms with E-state index in [0.717, 1.165) is 0 Å². The summed E-state index contributed by atoms with van der Waals surface area (Å²) in [4.78, 5) is 14.4. The van der Waals surface area contributed by atoms with Crippen LogP contribution >= 0.6 is 0 Å². The van der Waals surface area contributed by atoms with Crippen LogP contribution in [0.5, 0.6) is 6.01 Å². The Morgan fingerprint density at radius 1 is 1.77 bits per heavy atom. The van der Waals surface area contributed by atoms with Crippen LogP contribution in [0.3, 0.4) is 0 Å². The average Bonchev–Trinajstić information content (AvgIpc) is 2.32. The van der Waals surface area contributed by atoms with E-state index in [4.69, 9.17) is 4.74 Å². The third-order valence-electron chi connectivity index (χ3n) is 1.64. The highest BCUT2D eigenvalue weighted by atomic mass is 16.5. The molecule has 1 aromatic heterocycles. The monoisotopic (exact) mass is 184 g/mol. The van der Waals surface area contributed by atoms with E-state index in [1.54, 1.807) is 14.0 Å². The number of esters is 1. The summed E-state index contributed by atoms with van der Waals surface area (Å²) in [5.41, 5.74) is 0.608. The van der Waals surface area contributed by atoms with Gasteiger partial charge in [0.15, 0.2) is 0 Å². The number of carbonyl (C=O) groups is 1. The van der Waals surface area contributed by atoms with E-state index in [2.05, 4.69) is 4.98 Å². The lowest BCUT2D eigenvalue weighted by atomic mass is 10.3. The van der Waals surface area contributed by atoms with E-state index in [1.165, 1.54) is 17.7 Å². The van der Waals surface area contributed by atoms with Gasteiger partial charge in [-0.15, -0.1) is 0 Å². The lowest BCUT2D eigenvalue weighted by molar-refractivity contribution is -0.132. The molecule has 0 aliphatic heterocycles. The molecule has 0 spiro atoms. The minimum Gasteiger partial charge on any atom is -0.392 e. The van der Waals surface area contributed by atoms with Crippen LogP contribution in [0.1, 0.15) is 25.6 Å². The van der Waals surface area contributed by atoms with Gasteiger partial charge in [0, 0.05) is 14.0 Å². The summed E-state index contributed by atoms with van der Waals surface area (Å²) in [6.07, 6.45) is 0.852. The second-order valence-corrected chi connectivity index (χ2v) is 2.79. The highest BCUT2D eigenvalue weighted by Crippen LogP contribution is 2.16. The smallest absolute Gasteiger partial charge is 0.310 e. The molecule has 1 rings (SSSR count). The predicted molar refractivity (Wildman–Crippen MR) is 45.2 cm³/mol. The normalized spacial score (nSPS) is 12.6. The summed E-state index contributed by atoms with van der Waals surface area (Å²) in [6, 6.07) is 0.198. The van der Waals surface area contributed by atoms with Crippen LogP contribution in [0, 0.1) is 0 Å². The van der Waals surface area contributed by atoms with Crippen molar-refractivity contribution in [1.29, 1.82) is 0 Å². The molecule has 0 aliphatic carbocycles. The molecule has 5 nitrogen and oxygen atoms in total. The Morgan fingerprint density at radius 2 is 2.38 bits per heavy atom. The highest BCUT2D eigenvalue weighted by Gasteiger charge is 2.12. The maximum Gasteiger partial charge on any atom is 0.310 e. The Kier molecular flexibility index (Phi) is 2.67. The first kappa shape index (κ1) is 9.73. The first-order valence-corrected chi connectivity index (χ1v) is 3.90. The van der Waals surface area contributed by atoms with Crippen LogP contribution in [-0.4, -0.2) is 20.6 Å². The molecule has 0 radical (unpaired) electrons. The Hall–Kier alpha value is -1.36. The molecule has 5 heteroatoms. The van der Waals surface area contributed by atoms with Crippen LogP contribution < -0.4 is 4.74 Å². The number of aliphatic hydroxyl groups excluding tert-OH is 1. The van der Waals surface area contributed by atoms with Crippen LogP contribution in [0.4, 0.5) is 0 Å². The zero-order chi connectivity index (χ0) is 10.0. The fourth-order valence-electron chi connectivity index (χ4n) is 1.02. The Balaban J connectivity index is 2.92. The number of carbonyl (C=O) groups excluding carboxylic acids is 1. The minimum atomic E-state index is -0.623. The van der Waals surface area contributed by atoms with Crippen LogP contribution in [0.25, 0.3) is 0 Å². The van der Waals surface area contributed by atoms with Gasteiger partial charge < -0.3 is 9.84 Å². The Labute approximate surface area is 76.0 Å². The largest absolute Gasteiger partial charge is 0.392 e. The molecule has 0 amide bonds. The summed E-state index contributed by atoms with van der Waals surface area (Å²) in [7, 11) is 1.67.